The van der Waals surface area contributed by atoms with Crippen LogP contribution in [0.2, 0.25) is 0 Å². The molecule has 0 atom stereocenters. The van der Waals surface area contributed by atoms with E-state index >= 15 is 0 Å². The van der Waals surface area contributed by atoms with Crippen molar-refractivity contribution in [3.63, 3.8) is 0 Å². The van der Waals surface area contributed by atoms with Gasteiger partial charge in [0, 0.05) is 55.5 Å². The van der Waals surface area contributed by atoms with Crippen LogP contribution in [-0.2, 0) is 18.4 Å². The van der Waals surface area contributed by atoms with Crippen LogP contribution in [0, 0.1) is 0 Å². The minimum absolute atomic E-state index is 0.00314. The smallest absolute Gasteiger partial charge is 0.475 e. The van der Waals surface area contributed by atoms with Gasteiger partial charge in [0.05, 0.1) is 0 Å². The second-order valence-corrected chi connectivity index (χ2v) is 8.12. The van der Waals surface area contributed by atoms with E-state index in [1.54, 1.807) is 12.4 Å². The van der Waals surface area contributed by atoms with Gasteiger partial charge in [0.2, 0.25) is 5.95 Å². The van der Waals surface area contributed by atoms with Crippen molar-refractivity contribution in [2.75, 3.05) is 11.9 Å². The molecule has 2 heterocycles. The highest BCUT2D eigenvalue weighted by Gasteiger charge is 2.38. The minimum Gasteiger partial charge on any atom is -0.475 e. The average Bonchev–Trinajstić information content (AvgIpc) is 3.30. The van der Waals surface area contributed by atoms with Crippen molar-refractivity contribution in [3.05, 3.63) is 96.6 Å². The van der Waals surface area contributed by atoms with E-state index in [9.17, 15) is 18.0 Å². The van der Waals surface area contributed by atoms with Crippen LogP contribution in [-0.4, -0.2) is 49.1 Å². The van der Waals surface area contributed by atoms with E-state index < -0.39 is 12.1 Å². The maximum absolute atomic E-state index is 13.2. The molecule has 0 saturated heterocycles. The fourth-order valence-corrected chi connectivity index (χ4v) is 3.42. The number of benzene rings is 2. The number of halogens is 3. The van der Waals surface area contributed by atoms with Crippen LogP contribution >= 0.6 is 0 Å². The molecule has 0 fully saturated rings. The zero-order valence-corrected chi connectivity index (χ0v) is 20.7. The molecule has 0 spiro atoms. The number of hydrogen-bond donors (Lipinski definition) is 2. The van der Waals surface area contributed by atoms with Gasteiger partial charge in [0.1, 0.15) is 5.69 Å². The SMILES string of the molecule is CCN(Cc1ccccc1)C(=O)c1cc(-c2cnc(Nc3ccccc3)nc2)cn1C.O=C(O)C(F)(F)F. The zero-order chi connectivity index (χ0) is 27.7. The number of carboxylic acids is 1. The number of amides is 1. The maximum Gasteiger partial charge on any atom is 0.490 e. The highest BCUT2D eigenvalue weighted by atomic mass is 19.4. The Kier molecular flexibility index (Phi) is 9.20. The van der Waals surface area contributed by atoms with Gasteiger partial charge in [0.15, 0.2) is 0 Å². The van der Waals surface area contributed by atoms with Crippen LogP contribution in [0.15, 0.2) is 85.3 Å². The third-order valence-corrected chi connectivity index (χ3v) is 5.37. The maximum atomic E-state index is 13.2. The molecule has 2 N–H and O–H groups in total. The summed E-state index contributed by atoms with van der Waals surface area (Å²) in [6, 6.07) is 21.7. The van der Waals surface area contributed by atoms with Crippen molar-refractivity contribution < 1.29 is 27.9 Å². The summed E-state index contributed by atoms with van der Waals surface area (Å²) < 4.78 is 33.6. The molecule has 0 aliphatic rings. The van der Waals surface area contributed by atoms with Gasteiger partial charge in [-0.2, -0.15) is 13.2 Å². The first kappa shape index (κ1) is 27.9. The molecule has 198 valence electrons. The molecule has 11 heteroatoms. The number of anilines is 2. The number of aryl methyl sites for hydroxylation is 1. The largest absolute Gasteiger partial charge is 0.490 e. The van der Waals surface area contributed by atoms with Crippen molar-refractivity contribution in [1.82, 2.24) is 19.4 Å². The molecule has 0 aliphatic carbocycles. The van der Waals surface area contributed by atoms with Crippen molar-refractivity contribution in [3.8, 4) is 11.1 Å². The summed E-state index contributed by atoms with van der Waals surface area (Å²) in [5.74, 6) is -2.22. The molecule has 4 rings (SSSR count). The second kappa shape index (κ2) is 12.5. The Bertz CT molecular complexity index is 1340. The molecule has 0 radical (unpaired) electrons. The molecule has 4 aromatic rings. The van der Waals surface area contributed by atoms with Gasteiger partial charge >= 0.3 is 12.1 Å². The number of hydrogen-bond acceptors (Lipinski definition) is 5. The Balaban J connectivity index is 0.000000505. The van der Waals surface area contributed by atoms with Crippen LogP contribution in [0.4, 0.5) is 24.8 Å². The molecule has 0 saturated carbocycles. The van der Waals surface area contributed by atoms with E-state index in [-0.39, 0.29) is 5.91 Å². The van der Waals surface area contributed by atoms with Gasteiger partial charge in [-0.15, -0.1) is 0 Å². The normalized spacial score (nSPS) is 10.8. The molecule has 2 aromatic heterocycles. The summed E-state index contributed by atoms with van der Waals surface area (Å²) in [5, 5.41) is 10.3. The Morgan fingerprint density at radius 3 is 2.05 bits per heavy atom. The first-order valence-corrected chi connectivity index (χ1v) is 11.5. The number of nitrogens with zero attached hydrogens (tertiary/aromatic N) is 4. The molecule has 2 aromatic carbocycles. The van der Waals surface area contributed by atoms with Gasteiger partial charge in [-0.25, -0.2) is 14.8 Å². The lowest BCUT2D eigenvalue weighted by Gasteiger charge is -2.21. The highest BCUT2D eigenvalue weighted by Crippen LogP contribution is 2.23. The average molecular weight is 526 g/mol. The van der Waals surface area contributed by atoms with E-state index in [1.807, 2.05) is 96.4 Å². The first-order valence-electron chi connectivity index (χ1n) is 11.5. The molecule has 38 heavy (non-hydrogen) atoms. The summed E-state index contributed by atoms with van der Waals surface area (Å²) in [5.41, 5.74) is 4.45. The van der Waals surface area contributed by atoms with Crippen molar-refractivity contribution in [2.24, 2.45) is 7.05 Å². The van der Waals surface area contributed by atoms with Gasteiger partial charge in [0.25, 0.3) is 5.91 Å². The molecule has 0 unspecified atom stereocenters. The summed E-state index contributed by atoms with van der Waals surface area (Å²) in [7, 11) is 1.89. The van der Waals surface area contributed by atoms with E-state index in [4.69, 9.17) is 9.90 Å². The predicted octanol–water partition coefficient (Wildman–Crippen LogP) is 5.52. The number of alkyl halides is 3. The number of nitrogens with one attached hydrogen (secondary N) is 1. The zero-order valence-electron chi connectivity index (χ0n) is 20.7. The van der Waals surface area contributed by atoms with Crippen LogP contribution in [0.3, 0.4) is 0 Å². The predicted molar refractivity (Wildman–Crippen MR) is 137 cm³/mol. The number of carbonyl (C=O) groups is 2. The lowest BCUT2D eigenvalue weighted by Crippen LogP contribution is -2.31. The third-order valence-electron chi connectivity index (χ3n) is 5.37. The monoisotopic (exact) mass is 525 g/mol. The molecular weight excluding hydrogens is 499 g/mol. The number of para-hydroxylation sites is 1. The van der Waals surface area contributed by atoms with Gasteiger partial charge in [-0.05, 0) is 30.7 Å². The number of rotatable bonds is 7. The third kappa shape index (κ3) is 7.66. The fourth-order valence-electron chi connectivity index (χ4n) is 3.42. The van der Waals surface area contributed by atoms with Gasteiger partial charge < -0.3 is 19.9 Å². The van der Waals surface area contributed by atoms with Gasteiger partial charge in [-0.1, -0.05) is 48.5 Å². The number of aromatic nitrogens is 3. The van der Waals surface area contributed by atoms with Crippen LogP contribution in [0.5, 0.6) is 0 Å². The number of carboxylic acid groups (broad SMARTS) is 1. The summed E-state index contributed by atoms with van der Waals surface area (Å²) in [4.78, 5) is 32.7. The van der Waals surface area contributed by atoms with E-state index in [0.29, 0.717) is 24.7 Å². The lowest BCUT2D eigenvalue weighted by molar-refractivity contribution is -0.192. The molecular formula is C27H26F3N5O3. The fraction of sp³-hybridized carbons (Fsp3) is 0.185. The number of aliphatic carboxylic acids is 1. The summed E-state index contributed by atoms with van der Waals surface area (Å²) >= 11 is 0. The number of carbonyl (C=O) groups excluding carboxylic acids is 1. The Morgan fingerprint density at radius 1 is 0.974 bits per heavy atom. The molecule has 8 nitrogen and oxygen atoms in total. The molecule has 1 amide bonds. The standard InChI is InChI=1S/C25H25N5O.C2HF3O2/c1-3-30(17-19-10-6-4-7-11-19)24(31)23-14-20(18-29(23)2)21-15-26-25(27-16-21)28-22-12-8-5-9-13-22;3-2(4,5)1(6)7/h4-16,18H,3,17H2,1-2H3,(H,26,27,28);(H,6,7). The molecule has 0 bridgehead atoms. The first-order chi connectivity index (χ1) is 18.1. The van der Waals surface area contributed by atoms with Crippen molar-refractivity contribution in [2.45, 2.75) is 19.6 Å². The van der Waals surface area contributed by atoms with Crippen LogP contribution in [0.1, 0.15) is 23.0 Å². The Morgan fingerprint density at radius 2 is 1.53 bits per heavy atom. The summed E-state index contributed by atoms with van der Waals surface area (Å²) in [6.07, 6.45) is 0.388. The van der Waals surface area contributed by atoms with Crippen LogP contribution in [0.25, 0.3) is 11.1 Å². The topological polar surface area (TPSA) is 100 Å². The Labute approximate surface area is 217 Å². The Hall–Kier alpha value is -4.67. The quantitative estimate of drug-likeness (QED) is 0.330. The van der Waals surface area contributed by atoms with E-state index in [2.05, 4.69) is 15.3 Å². The molecule has 0 aliphatic heterocycles. The van der Waals surface area contributed by atoms with E-state index in [0.717, 1.165) is 22.4 Å². The van der Waals surface area contributed by atoms with Crippen molar-refractivity contribution in [1.29, 1.82) is 0 Å². The van der Waals surface area contributed by atoms with Crippen molar-refractivity contribution >= 4 is 23.5 Å². The summed E-state index contributed by atoms with van der Waals surface area (Å²) in [6.45, 7) is 3.22. The van der Waals surface area contributed by atoms with Gasteiger partial charge in [-0.3, -0.25) is 4.79 Å². The van der Waals surface area contributed by atoms with Crippen LogP contribution < -0.4 is 5.32 Å². The lowest BCUT2D eigenvalue weighted by atomic mass is 10.1. The highest BCUT2D eigenvalue weighted by molar-refractivity contribution is 5.94. The van der Waals surface area contributed by atoms with E-state index in [1.165, 1.54) is 0 Å². The second-order valence-electron chi connectivity index (χ2n) is 8.12. The minimum atomic E-state index is -5.08.